The van der Waals surface area contributed by atoms with E-state index in [9.17, 15) is 4.79 Å². The van der Waals surface area contributed by atoms with E-state index in [4.69, 9.17) is 9.84 Å². The molecule has 4 nitrogen and oxygen atoms in total. The Morgan fingerprint density at radius 1 is 1.29 bits per heavy atom. The first-order chi connectivity index (χ1) is 10.1. The Morgan fingerprint density at radius 2 is 2.05 bits per heavy atom. The van der Waals surface area contributed by atoms with E-state index in [0.717, 1.165) is 28.5 Å². The van der Waals surface area contributed by atoms with Crippen LogP contribution in [-0.2, 0) is 11.3 Å². The summed E-state index contributed by atoms with van der Waals surface area (Å²) < 4.78 is 5.80. The van der Waals surface area contributed by atoms with Crippen LogP contribution < -0.4 is 10.1 Å². The average Bonchev–Trinajstić information content (AvgIpc) is 2.50. The number of carboxylic acids is 1. The summed E-state index contributed by atoms with van der Waals surface area (Å²) in [7, 11) is 0. The molecule has 0 aromatic heterocycles. The second-order valence-corrected chi connectivity index (χ2v) is 5.05. The molecular formula is C17H21NO3. The molecule has 0 amide bonds. The van der Waals surface area contributed by atoms with Crippen LogP contribution in [0.2, 0.25) is 0 Å². The number of carbonyl (C=O) groups is 1. The fourth-order valence-corrected chi connectivity index (χ4v) is 2.19. The van der Waals surface area contributed by atoms with Gasteiger partial charge in [0.05, 0.1) is 6.61 Å². The molecule has 0 spiro atoms. The quantitative estimate of drug-likeness (QED) is 0.821. The molecule has 0 aliphatic carbocycles. The largest absolute Gasteiger partial charge is 0.493 e. The first kappa shape index (κ1) is 15.3. The molecule has 0 saturated heterocycles. The predicted molar refractivity (Wildman–Crippen MR) is 83.7 cm³/mol. The molecule has 2 aromatic rings. The number of hydrogen-bond donors (Lipinski definition) is 2. The van der Waals surface area contributed by atoms with Gasteiger partial charge in [-0.2, -0.15) is 0 Å². The smallest absolute Gasteiger partial charge is 0.320 e. The monoisotopic (exact) mass is 287 g/mol. The summed E-state index contributed by atoms with van der Waals surface area (Å²) in [6.07, 6.45) is 0.936. The summed E-state index contributed by atoms with van der Waals surface area (Å²) in [5.41, 5.74) is 1.01. The topological polar surface area (TPSA) is 58.6 Å². The molecule has 21 heavy (non-hydrogen) atoms. The summed E-state index contributed by atoms with van der Waals surface area (Å²) in [6, 6.07) is 11.5. The first-order valence-corrected chi connectivity index (χ1v) is 7.23. The third kappa shape index (κ3) is 3.73. The summed E-state index contributed by atoms with van der Waals surface area (Å²) >= 11 is 0. The molecule has 2 rings (SSSR count). The van der Waals surface area contributed by atoms with E-state index in [1.54, 1.807) is 6.92 Å². The summed E-state index contributed by atoms with van der Waals surface area (Å²) in [6.45, 7) is 4.82. The zero-order valence-corrected chi connectivity index (χ0v) is 12.4. The number of hydrogen-bond acceptors (Lipinski definition) is 3. The van der Waals surface area contributed by atoms with E-state index in [1.807, 2.05) is 36.4 Å². The molecule has 0 saturated carbocycles. The molecule has 1 atom stereocenters. The van der Waals surface area contributed by atoms with Crippen molar-refractivity contribution in [2.24, 2.45) is 0 Å². The van der Waals surface area contributed by atoms with Crippen molar-refractivity contribution in [2.75, 3.05) is 6.61 Å². The lowest BCUT2D eigenvalue weighted by molar-refractivity contribution is -0.139. The van der Waals surface area contributed by atoms with Crippen LogP contribution in [0.5, 0.6) is 5.75 Å². The zero-order valence-electron chi connectivity index (χ0n) is 12.4. The van der Waals surface area contributed by atoms with Gasteiger partial charge in [0.25, 0.3) is 0 Å². The van der Waals surface area contributed by atoms with E-state index in [-0.39, 0.29) is 0 Å². The average molecular weight is 287 g/mol. The summed E-state index contributed by atoms with van der Waals surface area (Å²) in [4.78, 5) is 10.9. The van der Waals surface area contributed by atoms with E-state index in [0.29, 0.717) is 13.2 Å². The fraction of sp³-hybridized carbons (Fsp3) is 0.353. The minimum Gasteiger partial charge on any atom is -0.493 e. The van der Waals surface area contributed by atoms with Crippen LogP contribution in [0.3, 0.4) is 0 Å². The highest BCUT2D eigenvalue weighted by molar-refractivity contribution is 5.87. The van der Waals surface area contributed by atoms with Gasteiger partial charge in [-0.1, -0.05) is 37.3 Å². The number of rotatable bonds is 7. The normalized spacial score (nSPS) is 12.3. The van der Waals surface area contributed by atoms with E-state index < -0.39 is 12.0 Å². The van der Waals surface area contributed by atoms with Crippen LogP contribution in [0, 0.1) is 0 Å². The lowest BCUT2D eigenvalue weighted by atomic mass is 10.0. The fourth-order valence-electron chi connectivity index (χ4n) is 2.19. The summed E-state index contributed by atoms with van der Waals surface area (Å²) in [5, 5.41) is 14.2. The zero-order chi connectivity index (χ0) is 15.2. The van der Waals surface area contributed by atoms with Crippen LogP contribution in [0.25, 0.3) is 10.8 Å². The maximum absolute atomic E-state index is 10.9. The Kier molecular flexibility index (Phi) is 5.17. The Balaban J connectivity index is 2.33. The molecule has 2 N–H and O–H groups in total. The van der Waals surface area contributed by atoms with Gasteiger partial charge in [0, 0.05) is 12.1 Å². The van der Waals surface area contributed by atoms with Gasteiger partial charge < -0.3 is 15.2 Å². The molecule has 0 fully saturated rings. The molecule has 112 valence electrons. The summed E-state index contributed by atoms with van der Waals surface area (Å²) in [5.74, 6) is -0.0353. The van der Waals surface area contributed by atoms with Crippen molar-refractivity contribution < 1.29 is 14.6 Å². The minimum atomic E-state index is -0.855. The van der Waals surface area contributed by atoms with Crippen LogP contribution in [-0.4, -0.2) is 23.7 Å². The number of nitrogens with one attached hydrogen (secondary N) is 1. The number of benzene rings is 2. The van der Waals surface area contributed by atoms with Crippen LogP contribution in [0.15, 0.2) is 36.4 Å². The highest BCUT2D eigenvalue weighted by Crippen LogP contribution is 2.28. The number of carboxylic acid groups (broad SMARTS) is 1. The molecule has 0 aliphatic rings. The lowest BCUT2D eigenvalue weighted by Crippen LogP contribution is -2.33. The van der Waals surface area contributed by atoms with Gasteiger partial charge in [-0.25, -0.2) is 0 Å². The number of fused-ring (bicyclic) bond motifs is 1. The Labute approximate surface area is 124 Å². The lowest BCUT2D eigenvalue weighted by Gasteiger charge is -2.16. The van der Waals surface area contributed by atoms with Crippen molar-refractivity contribution in [1.82, 2.24) is 5.32 Å². The van der Waals surface area contributed by atoms with Gasteiger partial charge in [-0.3, -0.25) is 4.79 Å². The SMILES string of the molecule is CCCOc1ccc2ccccc2c1CNC(C)C(=O)O. The highest BCUT2D eigenvalue weighted by Gasteiger charge is 2.13. The Hall–Kier alpha value is -2.07. The highest BCUT2D eigenvalue weighted by atomic mass is 16.5. The first-order valence-electron chi connectivity index (χ1n) is 7.23. The van der Waals surface area contributed by atoms with Crippen molar-refractivity contribution in [3.8, 4) is 5.75 Å². The van der Waals surface area contributed by atoms with Crippen LogP contribution in [0.1, 0.15) is 25.8 Å². The van der Waals surface area contributed by atoms with E-state index >= 15 is 0 Å². The second-order valence-electron chi connectivity index (χ2n) is 5.05. The maximum atomic E-state index is 10.9. The number of ether oxygens (including phenoxy) is 1. The van der Waals surface area contributed by atoms with Crippen molar-refractivity contribution in [2.45, 2.75) is 32.9 Å². The third-order valence-corrected chi connectivity index (χ3v) is 3.41. The van der Waals surface area contributed by atoms with Crippen molar-refractivity contribution in [3.05, 3.63) is 42.0 Å². The van der Waals surface area contributed by atoms with E-state index in [1.165, 1.54) is 0 Å². The van der Waals surface area contributed by atoms with Crippen LogP contribution in [0.4, 0.5) is 0 Å². The molecule has 4 heteroatoms. The van der Waals surface area contributed by atoms with Gasteiger partial charge in [0.15, 0.2) is 0 Å². The molecule has 0 aliphatic heterocycles. The minimum absolute atomic E-state index is 0.466. The van der Waals surface area contributed by atoms with Gasteiger partial charge in [0.2, 0.25) is 0 Å². The predicted octanol–water partition coefficient (Wildman–Crippen LogP) is 3.19. The Morgan fingerprint density at radius 3 is 2.76 bits per heavy atom. The molecule has 0 heterocycles. The van der Waals surface area contributed by atoms with Gasteiger partial charge in [-0.05, 0) is 30.2 Å². The molecule has 0 radical (unpaired) electrons. The number of aliphatic carboxylic acids is 1. The third-order valence-electron chi connectivity index (χ3n) is 3.41. The molecule has 0 bridgehead atoms. The maximum Gasteiger partial charge on any atom is 0.320 e. The second kappa shape index (κ2) is 7.09. The van der Waals surface area contributed by atoms with Crippen LogP contribution >= 0.6 is 0 Å². The van der Waals surface area contributed by atoms with E-state index in [2.05, 4.69) is 12.2 Å². The standard InChI is InChI=1S/C17H21NO3/c1-3-10-21-16-9-8-13-6-4-5-7-14(13)15(16)11-18-12(2)17(19)20/h4-9,12,18H,3,10-11H2,1-2H3,(H,19,20). The Bertz CT molecular complexity index is 624. The molecule has 2 aromatic carbocycles. The van der Waals surface area contributed by atoms with Crippen molar-refractivity contribution >= 4 is 16.7 Å². The van der Waals surface area contributed by atoms with Gasteiger partial charge in [0.1, 0.15) is 11.8 Å². The van der Waals surface area contributed by atoms with Crippen molar-refractivity contribution in [3.63, 3.8) is 0 Å². The van der Waals surface area contributed by atoms with Crippen molar-refractivity contribution in [1.29, 1.82) is 0 Å². The van der Waals surface area contributed by atoms with Gasteiger partial charge in [-0.15, -0.1) is 0 Å². The van der Waals surface area contributed by atoms with Gasteiger partial charge >= 0.3 is 5.97 Å². The molecular weight excluding hydrogens is 266 g/mol. The molecule has 1 unspecified atom stereocenters.